The lowest BCUT2D eigenvalue weighted by atomic mass is 10.1. The number of alkyl halides is 1. The number of rotatable bonds is 3. The van der Waals surface area contributed by atoms with Gasteiger partial charge in [-0.05, 0) is 35.8 Å². The van der Waals surface area contributed by atoms with Crippen LogP contribution in [0.15, 0.2) is 24.3 Å². The van der Waals surface area contributed by atoms with Crippen LogP contribution in [0.5, 0.6) is 0 Å². The SMILES string of the molecule is CC(C)(C)[Si](C)(C)OCC#Cc1ccc(CCl)cc1. The van der Waals surface area contributed by atoms with Gasteiger partial charge in [0.05, 0.1) is 6.61 Å². The van der Waals surface area contributed by atoms with E-state index in [9.17, 15) is 0 Å². The molecule has 104 valence electrons. The Labute approximate surface area is 123 Å². The fourth-order valence-electron chi connectivity index (χ4n) is 1.25. The summed E-state index contributed by atoms with van der Waals surface area (Å²) in [4.78, 5) is 0. The summed E-state index contributed by atoms with van der Waals surface area (Å²) in [5.41, 5.74) is 2.12. The topological polar surface area (TPSA) is 9.23 Å². The maximum Gasteiger partial charge on any atom is 0.193 e. The first-order valence-electron chi connectivity index (χ1n) is 6.54. The minimum atomic E-state index is -1.68. The molecule has 0 N–H and O–H groups in total. The van der Waals surface area contributed by atoms with Crippen LogP contribution in [0.3, 0.4) is 0 Å². The van der Waals surface area contributed by atoms with Gasteiger partial charge in [0, 0.05) is 11.4 Å². The molecule has 1 nitrogen and oxygen atoms in total. The largest absolute Gasteiger partial charge is 0.406 e. The van der Waals surface area contributed by atoms with Gasteiger partial charge in [-0.1, -0.05) is 44.7 Å². The predicted octanol–water partition coefficient (Wildman–Crippen LogP) is 4.80. The third-order valence-corrected chi connectivity index (χ3v) is 8.44. The Hall–Kier alpha value is -0.753. The summed E-state index contributed by atoms with van der Waals surface area (Å²) in [6.45, 7) is 11.7. The number of hydrogen-bond acceptors (Lipinski definition) is 1. The molecule has 0 unspecified atom stereocenters. The van der Waals surface area contributed by atoms with Crippen molar-refractivity contribution >= 4 is 19.9 Å². The van der Waals surface area contributed by atoms with Gasteiger partial charge < -0.3 is 4.43 Å². The van der Waals surface area contributed by atoms with Crippen LogP contribution in [-0.2, 0) is 10.3 Å². The van der Waals surface area contributed by atoms with Crippen LogP contribution in [0.25, 0.3) is 0 Å². The van der Waals surface area contributed by atoms with Crippen molar-refractivity contribution in [2.24, 2.45) is 0 Å². The lowest BCUT2D eigenvalue weighted by Crippen LogP contribution is -2.40. The van der Waals surface area contributed by atoms with E-state index in [1.807, 2.05) is 24.3 Å². The van der Waals surface area contributed by atoms with Crippen molar-refractivity contribution in [3.63, 3.8) is 0 Å². The normalized spacial score (nSPS) is 11.9. The van der Waals surface area contributed by atoms with Gasteiger partial charge in [-0.2, -0.15) is 0 Å². The average Bonchev–Trinajstić information content (AvgIpc) is 2.34. The summed E-state index contributed by atoms with van der Waals surface area (Å²) in [5.74, 6) is 6.76. The second-order valence-electron chi connectivity index (χ2n) is 6.18. The monoisotopic (exact) mass is 294 g/mol. The van der Waals surface area contributed by atoms with E-state index in [0.717, 1.165) is 11.1 Å². The molecular formula is C16H23ClOSi. The van der Waals surface area contributed by atoms with Crippen molar-refractivity contribution in [3.05, 3.63) is 35.4 Å². The van der Waals surface area contributed by atoms with Gasteiger partial charge >= 0.3 is 0 Å². The lowest BCUT2D eigenvalue weighted by Gasteiger charge is -2.35. The van der Waals surface area contributed by atoms with E-state index >= 15 is 0 Å². The van der Waals surface area contributed by atoms with Crippen LogP contribution in [0, 0.1) is 11.8 Å². The van der Waals surface area contributed by atoms with Gasteiger partial charge in [0.15, 0.2) is 8.32 Å². The molecule has 1 rings (SSSR count). The molecule has 0 bridgehead atoms. The van der Waals surface area contributed by atoms with Crippen molar-refractivity contribution in [2.45, 2.75) is 44.8 Å². The van der Waals surface area contributed by atoms with Crippen LogP contribution < -0.4 is 0 Å². The predicted molar refractivity (Wildman–Crippen MR) is 86.0 cm³/mol. The molecule has 0 atom stereocenters. The molecule has 3 heteroatoms. The Bertz CT molecular complexity index is 460. The van der Waals surface area contributed by atoms with Crippen molar-refractivity contribution in [1.82, 2.24) is 0 Å². The van der Waals surface area contributed by atoms with Crippen molar-refractivity contribution in [3.8, 4) is 11.8 Å². The second-order valence-corrected chi connectivity index (χ2v) is 11.3. The molecule has 0 amide bonds. The summed E-state index contributed by atoms with van der Waals surface area (Å²) in [7, 11) is -1.68. The molecule has 0 aromatic heterocycles. The zero-order chi connectivity index (χ0) is 14.5. The first-order valence-corrected chi connectivity index (χ1v) is 9.98. The highest BCUT2D eigenvalue weighted by Crippen LogP contribution is 2.36. The van der Waals surface area contributed by atoms with Crippen LogP contribution in [0.1, 0.15) is 31.9 Å². The maximum absolute atomic E-state index is 6.00. The molecule has 0 fully saturated rings. The van der Waals surface area contributed by atoms with Gasteiger partial charge in [-0.25, -0.2) is 0 Å². The first-order chi connectivity index (χ1) is 8.76. The molecule has 1 aromatic carbocycles. The molecule has 0 radical (unpaired) electrons. The summed E-state index contributed by atoms with van der Waals surface area (Å²) in [6, 6.07) is 8.01. The minimum Gasteiger partial charge on any atom is -0.406 e. The molecule has 0 saturated heterocycles. The van der Waals surface area contributed by atoms with Gasteiger partial charge in [0.25, 0.3) is 0 Å². The van der Waals surface area contributed by atoms with Crippen LogP contribution >= 0.6 is 11.6 Å². The van der Waals surface area contributed by atoms with Crippen molar-refractivity contribution in [2.75, 3.05) is 6.61 Å². The van der Waals surface area contributed by atoms with E-state index in [0.29, 0.717) is 12.5 Å². The quantitative estimate of drug-likeness (QED) is 0.442. The Morgan fingerprint density at radius 2 is 1.74 bits per heavy atom. The molecule has 19 heavy (non-hydrogen) atoms. The smallest absolute Gasteiger partial charge is 0.193 e. The third-order valence-electron chi connectivity index (χ3n) is 3.65. The van der Waals surface area contributed by atoms with Gasteiger partial charge in [-0.15, -0.1) is 11.6 Å². The Morgan fingerprint density at radius 1 is 1.16 bits per heavy atom. The van der Waals surface area contributed by atoms with E-state index in [-0.39, 0.29) is 5.04 Å². The second kappa shape index (κ2) is 6.61. The van der Waals surface area contributed by atoms with Crippen LogP contribution in [0.4, 0.5) is 0 Å². The Balaban J connectivity index is 2.56. The molecular weight excluding hydrogens is 272 g/mol. The van der Waals surface area contributed by atoms with Gasteiger partial charge in [0.1, 0.15) is 0 Å². The molecule has 0 saturated carbocycles. The fourth-order valence-corrected chi connectivity index (χ4v) is 2.29. The van der Waals surface area contributed by atoms with Crippen molar-refractivity contribution in [1.29, 1.82) is 0 Å². The summed E-state index contributed by atoms with van der Waals surface area (Å²) in [5, 5.41) is 0.233. The van der Waals surface area contributed by atoms with E-state index in [1.54, 1.807) is 0 Å². The highest BCUT2D eigenvalue weighted by molar-refractivity contribution is 6.74. The highest BCUT2D eigenvalue weighted by Gasteiger charge is 2.36. The summed E-state index contributed by atoms with van der Waals surface area (Å²) in [6.07, 6.45) is 0. The molecule has 0 aliphatic carbocycles. The van der Waals surface area contributed by atoms with E-state index in [2.05, 4.69) is 45.7 Å². The van der Waals surface area contributed by atoms with Crippen molar-refractivity contribution < 1.29 is 4.43 Å². The number of halogens is 1. The minimum absolute atomic E-state index is 0.233. The van der Waals surface area contributed by atoms with E-state index in [4.69, 9.17) is 16.0 Å². The number of benzene rings is 1. The standard InChI is InChI=1S/C16H23ClOSi/c1-16(2,3)19(4,5)18-12-6-7-14-8-10-15(13-17)11-9-14/h8-11H,12-13H2,1-5H3. The fraction of sp³-hybridized carbons (Fsp3) is 0.500. The van der Waals surface area contributed by atoms with E-state index < -0.39 is 8.32 Å². The van der Waals surface area contributed by atoms with Gasteiger partial charge in [-0.3, -0.25) is 0 Å². The van der Waals surface area contributed by atoms with E-state index in [1.165, 1.54) is 0 Å². The molecule has 0 aliphatic rings. The highest BCUT2D eigenvalue weighted by atomic mass is 35.5. The first kappa shape index (κ1) is 16.3. The third kappa shape index (κ3) is 5.02. The number of hydrogen-bond donors (Lipinski definition) is 0. The lowest BCUT2D eigenvalue weighted by molar-refractivity contribution is 0.334. The van der Waals surface area contributed by atoms with Crippen LogP contribution in [0.2, 0.25) is 18.1 Å². The Kier molecular flexibility index (Phi) is 5.67. The molecule has 0 heterocycles. The zero-order valence-electron chi connectivity index (χ0n) is 12.5. The average molecular weight is 295 g/mol. The summed E-state index contributed by atoms with van der Waals surface area (Å²) < 4.78 is 6.00. The molecule has 0 aliphatic heterocycles. The van der Waals surface area contributed by atoms with Gasteiger partial charge in [0.2, 0.25) is 0 Å². The summed E-state index contributed by atoms with van der Waals surface area (Å²) >= 11 is 5.75. The maximum atomic E-state index is 6.00. The molecule has 1 aromatic rings. The Morgan fingerprint density at radius 3 is 2.21 bits per heavy atom. The molecule has 0 spiro atoms. The zero-order valence-corrected chi connectivity index (χ0v) is 14.3. The van der Waals surface area contributed by atoms with Crippen LogP contribution in [-0.4, -0.2) is 14.9 Å².